The maximum Gasteiger partial charge on any atom is 0.164 e. The number of nitrogens with two attached hydrogens (primary N) is 1. The number of methoxy groups -OCH3 is 3. The molecular weight excluding hydrogens is 344 g/mol. The Labute approximate surface area is 157 Å². The number of nitriles is 1. The van der Waals surface area contributed by atoms with Crippen LogP contribution < -0.4 is 19.9 Å². The van der Waals surface area contributed by atoms with Gasteiger partial charge in [0.25, 0.3) is 0 Å². The number of rotatable bonds is 5. The highest BCUT2D eigenvalue weighted by atomic mass is 16.5. The summed E-state index contributed by atoms with van der Waals surface area (Å²) in [4.78, 5) is 8.38. The van der Waals surface area contributed by atoms with Gasteiger partial charge in [-0.1, -0.05) is 0 Å². The minimum atomic E-state index is 0.138. The number of aromatic nitrogens is 2. The van der Waals surface area contributed by atoms with Gasteiger partial charge in [-0.2, -0.15) is 5.26 Å². The minimum absolute atomic E-state index is 0.138. The summed E-state index contributed by atoms with van der Waals surface area (Å²) in [6.45, 7) is 0. The van der Waals surface area contributed by atoms with Crippen molar-refractivity contribution in [2.45, 2.75) is 0 Å². The van der Waals surface area contributed by atoms with Crippen molar-refractivity contribution in [1.82, 2.24) is 9.97 Å². The summed E-state index contributed by atoms with van der Waals surface area (Å²) in [5, 5.41) is 9.64. The zero-order valence-electron chi connectivity index (χ0n) is 15.2. The van der Waals surface area contributed by atoms with Crippen molar-refractivity contribution in [3.63, 3.8) is 0 Å². The highest BCUT2D eigenvalue weighted by Crippen LogP contribution is 2.42. The van der Waals surface area contributed by atoms with Gasteiger partial charge in [-0.3, -0.25) is 4.98 Å². The summed E-state index contributed by atoms with van der Waals surface area (Å²) >= 11 is 0. The molecule has 0 atom stereocenters. The molecule has 0 amide bonds. The van der Waals surface area contributed by atoms with Gasteiger partial charge in [0.2, 0.25) is 0 Å². The number of pyridine rings is 2. The van der Waals surface area contributed by atoms with Crippen molar-refractivity contribution in [1.29, 1.82) is 5.26 Å². The smallest absolute Gasteiger partial charge is 0.164 e. The summed E-state index contributed by atoms with van der Waals surface area (Å²) in [6, 6.07) is 11.0. The van der Waals surface area contributed by atoms with Gasteiger partial charge in [-0.15, -0.1) is 0 Å². The van der Waals surface area contributed by atoms with Crippen LogP contribution in [-0.2, 0) is 0 Å². The second-order valence-electron chi connectivity index (χ2n) is 5.57. The molecule has 3 rings (SSSR count). The summed E-state index contributed by atoms with van der Waals surface area (Å²) in [6.07, 6.45) is 3.34. The normalized spacial score (nSPS) is 10.1. The summed E-state index contributed by atoms with van der Waals surface area (Å²) in [5.74, 6) is 1.69. The van der Waals surface area contributed by atoms with Gasteiger partial charge in [-0.05, 0) is 24.3 Å². The van der Waals surface area contributed by atoms with E-state index in [1.807, 2.05) is 12.1 Å². The predicted octanol–water partition coefficient (Wildman–Crippen LogP) is 3.29. The summed E-state index contributed by atoms with van der Waals surface area (Å²) in [5.41, 5.74) is 9.04. The van der Waals surface area contributed by atoms with E-state index in [0.29, 0.717) is 34.1 Å². The molecule has 2 aromatic heterocycles. The summed E-state index contributed by atoms with van der Waals surface area (Å²) < 4.78 is 16.2. The number of nitrogens with zero attached hydrogens (tertiary/aromatic N) is 3. The Morgan fingerprint density at radius 3 is 2.11 bits per heavy atom. The largest absolute Gasteiger partial charge is 0.496 e. The lowest BCUT2D eigenvalue weighted by Gasteiger charge is -2.16. The Bertz CT molecular complexity index is 1010. The van der Waals surface area contributed by atoms with Crippen LogP contribution in [0, 0.1) is 11.3 Å². The molecular formula is C20H18N4O3. The Morgan fingerprint density at radius 2 is 1.52 bits per heavy atom. The average Bonchev–Trinajstić information content (AvgIpc) is 2.72. The van der Waals surface area contributed by atoms with Crippen molar-refractivity contribution in [2.75, 3.05) is 27.1 Å². The molecule has 2 N–H and O–H groups in total. The second-order valence-corrected chi connectivity index (χ2v) is 5.57. The molecule has 0 spiro atoms. The first-order chi connectivity index (χ1) is 13.1. The fourth-order valence-corrected chi connectivity index (χ4v) is 2.80. The highest BCUT2D eigenvalue weighted by Gasteiger charge is 2.19. The van der Waals surface area contributed by atoms with E-state index in [4.69, 9.17) is 19.9 Å². The maximum atomic E-state index is 9.64. The SMILES string of the molecule is COc1cc(OC)c(-c2cc(-c3ccncc3)nc(N)c2C#N)cc1OC. The molecule has 0 aliphatic rings. The minimum Gasteiger partial charge on any atom is -0.496 e. The third kappa shape index (κ3) is 3.33. The Morgan fingerprint density at radius 1 is 0.889 bits per heavy atom. The van der Waals surface area contributed by atoms with Crippen molar-refractivity contribution in [3.05, 3.63) is 48.3 Å². The van der Waals surface area contributed by atoms with Crippen LogP contribution in [0.5, 0.6) is 17.2 Å². The number of benzene rings is 1. The lowest BCUT2D eigenvalue weighted by atomic mass is 9.97. The van der Waals surface area contributed by atoms with Crippen molar-refractivity contribution < 1.29 is 14.2 Å². The first-order valence-corrected chi connectivity index (χ1v) is 8.04. The van der Waals surface area contributed by atoms with Gasteiger partial charge in [0.1, 0.15) is 23.2 Å². The van der Waals surface area contributed by atoms with E-state index in [2.05, 4.69) is 16.0 Å². The molecule has 0 aliphatic carbocycles. The maximum absolute atomic E-state index is 9.64. The second kappa shape index (κ2) is 7.62. The van der Waals surface area contributed by atoms with Crippen LogP contribution in [-0.4, -0.2) is 31.3 Å². The molecule has 136 valence electrons. The van der Waals surface area contributed by atoms with Crippen molar-refractivity contribution in [2.24, 2.45) is 0 Å². The van der Waals surface area contributed by atoms with E-state index in [9.17, 15) is 5.26 Å². The topological polar surface area (TPSA) is 103 Å². The van der Waals surface area contributed by atoms with E-state index >= 15 is 0 Å². The van der Waals surface area contributed by atoms with Crippen LogP contribution >= 0.6 is 0 Å². The van der Waals surface area contributed by atoms with Crippen LogP contribution in [0.1, 0.15) is 5.56 Å². The van der Waals surface area contributed by atoms with Crippen molar-refractivity contribution >= 4 is 5.82 Å². The van der Waals surface area contributed by atoms with Gasteiger partial charge in [0.15, 0.2) is 11.5 Å². The third-order valence-corrected chi connectivity index (χ3v) is 4.13. The van der Waals surface area contributed by atoms with Crippen LogP contribution in [0.4, 0.5) is 5.82 Å². The van der Waals surface area contributed by atoms with E-state index in [0.717, 1.165) is 5.56 Å². The lowest BCUT2D eigenvalue weighted by Crippen LogP contribution is -2.01. The fourth-order valence-electron chi connectivity index (χ4n) is 2.80. The zero-order valence-corrected chi connectivity index (χ0v) is 15.2. The molecule has 0 aliphatic heterocycles. The molecule has 0 fully saturated rings. The van der Waals surface area contributed by atoms with Crippen LogP contribution in [0.25, 0.3) is 22.4 Å². The van der Waals surface area contributed by atoms with E-state index in [-0.39, 0.29) is 11.4 Å². The van der Waals surface area contributed by atoms with Gasteiger partial charge >= 0.3 is 0 Å². The number of hydrogen-bond donors (Lipinski definition) is 1. The molecule has 0 bridgehead atoms. The van der Waals surface area contributed by atoms with E-state index in [1.54, 1.807) is 51.9 Å². The Balaban J connectivity index is 2.30. The molecule has 0 saturated heterocycles. The van der Waals surface area contributed by atoms with Gasteiger partial charge in [0, 0.05) is 35.2 Å². The zero-order chi connectivity index (χ0) is 19.4. The van der Waals surface area contributed by atoms with Crippen molar-refractivity contribution in [3.8, 4) is 45.7 Å². The molecule has 0 radical (unpaired) electrons. The molecule has 7 nitrogen and oxygen atoms in total. The number of hydrogen-bond acceptors (Lipinski definition) is 7. The quantitative estimate of drug-likeness (QED) is 0.743. The van der Waals surface area contributed by atoms with Gasteiger partial charge in [0.05, 0.1) is 27.0 Å². The third-order valence-electron chi connectivity index (χ3n) is 4.13. The first-order valence-electron chi connectivity index (χ1n) is 8.04. The van der Waals surface area contributed by atoms with Crippen LogP contribution in [0.15, 0.2) is 42.7 Å². The monoisotopic (exact) mass is 362 g/mol. The predicted molar refractivity (Wildman–Crippen MR) is 102 cm³/mol. The Hall–Kier alpha value is -3.79. The molecule has 2 heterocycles. The molecule has 1 aromatic carbocycles. The fraction of sp³-hybridized carbons (Fsp3) is 0.150. The summed E-state index contributed by atoms with van der Waals surface area (Å²) in [7, 11) is 4.64. The van der Waals surface area contributed by atoms with Crippen LogP contribution in [0.3, 0.4) is 0 Å². The standard InChI is InChI=1S/C20H18N4O3/c1-25-17-10-19(27-3)18(26-2)9-14(17)13-8-16(12-4-6-23-7-5-12)24-20(22)15(13)11-21/h4-10H,1-3H3,(H2,22,24). The molecule has 0 unspecified atom stereocenters. The number of anilines is 1. The van der Waals surface area contributed by atoms with E-state index in [1.165, 1.54) is 0 Å². The first kappa shape index (κ1) is 18.0. The van der Waals surface area contributed by atoms with E-state index < -0.39 is 0 Å². The van der Waals surface area contributed by atoms with Gasteiger partial charge in [-0.25, -0.2) is 4.98 Å². The lowest BCUT2D eigenvalue weighted by molar-refractivity contribution is 0.349. The molecule has 3 aromatic rings. The average molecular weight is 362 g/mol. The van der Waals surface area contributed by atoms with Crippen LogP contribution in [0.2, 0.25) is 0 Å². The van der Waals surface area contributed by atoms with Gasteiger partial charge < -0.3 is 19.9 Å². The molecule has 7 heteroatoms. The highest BCUT2D eigenvalue weighted by molar-refractivity contribution is 5.84. The molecule has 0 saturated carbocycles. The Kier molecular flexibility index (Phi) is 5.08. The number of nitrogen functional groups attached to an aromatic ring is 1. The molecule has 27 heavy (non-hydrogen) atoms. The number of ether oxygens (including phenoxy) is 3.